The van der Waals surface area contributed by atoms with E-state index in [9.17, 15) is 40.5 Å². The topological polar surface area (TPSA) is 374 Å². The number of aliphatic hydroxyl groups excluding tert-OH is 7. The lowest BCUT2D eigenvalue weighted by Gasteiger charge is -2.48. The molecule has 0 spiro atoms. The largest absolute Gasteiger partial charge is 0.395 e. The van der Waals surface area contributed by atoms with Gasteiger partial charge in [-0.2, -0.15) is 0 Å². The Morgan fingerprint density at radius 2 is 1.43 bits per heavy atom. The number of hydrogen-bond donors (Lipinski definition) is 15. The smallest absolute Gasteiger partial charge is 0.254 e. The van der Waals surface area contributed by atoms with Crippen LogP contribution in [0, 0.1) is 0 Å². The molecule has 1 amide bonds. The van der Waals surface area contributed by atoms with Crippen molar-refractivity contribution in [3.8, 4) is 0 Å². The van der Waals surface area contributed by atoms with Crippen LogP contribution in [0.5, 0.6) is 0 Å². The molecule has 1 saturated carbocycles. The van der Waals surface area contributed by atoms with E-state index >= 15 is 0 Å². The highest BCUT2D eigenvalue weighted by atomic mass is 16.8. The Morgan fingerprint density at radius 3 is 2.06 bits per heavy atom. The molecular weight excluding hydrogens is 686 g/mol. The standard InChI is InChI=1S/C29H55N7O15/c30-5-14-19(41)20(42)17(33)26(46-14)50-23-16(7-38)48-27(21(23)43)51-24-18(40)12(36-28(44)29(45)8-35-9-29)3-10(31)22(24)49-25-11(32)4-13(39)15(47-25)6-34-1-2-37/h10-27,34-35,37-43,45H,1-9,30-33H2,(H,36,44)/t10-,11+,12+,13-,14-,15+,16+,17+,18-,19+,20+,21+,22+,23+,24+,25+,26+,27-/m0/s1. The van der Waals surface area contributed by atoms with Crippen molar-refractivity contribution < 1.29 is 74.1 Å². The summed E-state index contributed by atoms with van der Waals surface area (Å²) in [7, 11) is 0. The van der Waals surface area contributed by atoms with Crippen molar-refractivity contribution in [1.29, 1.82) is 0 Å². The maximum atomic E-state index is 12.9. The van der Waals surface area contributed by atoms with Gasteiger partial charge in [0.2, 0.25) is 0 Å². The molecule has 5 aliphatic rings. The minimum absolute atomic E-state index is 0.00111. The van der Waals surface area contributed by atoms with E-state index in [0.29, 0.717) is 0 Å². The van der Waals surface area contributed by atoms with Crippen LogP contribution in [-0.2, 0) is 33.2 Å². The van der Waals surface area contributed by atoms with E-state index in [0.717, 1.165) is 0 Å². The molecule has 22 nitrogen and oxygen atoms in total. The first-order chi connectivity index (χ1) is 24.2. The normalized spacial score (nSPS) is 47.1. The van der Waals surface area contributed by atoms with Gasteiger partial charge < -0.3 is 108 Å². The molecule has 22 heteroatoms. The van der Waals surface area contributed by atoms with Gasteiger partial charge in [-0.25, -0.2) is 0 Å². The summed E-state index contributed by atoms with van der Waals surface area (Å²) < 4.78 is 35.7. The first kappa shape index (κ1) is 40.8. The Bertz CT molecular complexity index is 1130. The van der Waals surface area contributed by atoms with E-state index in [2.05, 4.69) is 16.0 Å². The van der Waals surface area contributed by atoms with Crippen molar-refractivity contribution >= 4 is 5.91 Å². The molecular formula is C29H55N7O15. The number of rotatable bonds is 14. The number of hydrogen-bond acceptors (Lipinski definition) is 21. The summed E-state index contributed by atoms with van der Waals surface area (Å²) >= 11 is 0. The molecule has 0 radical (unpaired) electrons. The Labute approximate surface area is 293 Å². The van der Waals surface area contributed by atoms with Gasteiger partial charge in [-0.1, -0.05) is 0 Å². The van der Waals surface area contributed by atoms with Crippen molar-refractivity contribution in [3.63, 3.8) is 0 Å². The highest BCUT2D eigenvalue weighted by Crippen LogP contribution is 2.35. The van der Waals surface area contributed by atoms with E-state index in [1.807, 2.05) is 0 Å². The maximum absolute atomic E-state index is 12.9. The predicted octanol–water partition coefficient (Wildman–Crippen LogP) is -9.75. The van der Waals surface area contributed by atoms with Crippen LogP contribution in [0.4, 0.5) is 0 Å². The summed E-state index contributed by atoms with van der Waals surface area (Å²) in [5.41, 5.74) is 22.9. The average molecular weight is 742 g/mol. The minimum atomic E-state index is -1.70. The van der Waals surface area contributed by atoms with E-state index in [1.54, 1.807) is 0 Å². The van der Waals surface area contributed by atoms with Crippen LogP contribution in [0.2, 0.25) is 0 Å². The number of amides is 1. The average Bonchev–Trinajstić information content (AvgIpc) is 3.38. The number of carbonyl (C=O) groups excluding carboxylic acids is 1. The highest BCUT2D eigenvalue weighted by molar-refractivity contribution is 5.87. The second-order valence-electron chi connectivity index (χ2n) is 13.9. The van der Waals surface area contributed by atoms with Gasteiger partial charge in [0, 0.05) is 38.8 Å². The van der Waals surface area contributed by atoms with Gasteiger partial charge in [0.25, 0.3) is 5.91 Å². The third kappa shape index (κ3) is 8.81. The second kappa shape index (κ2) is 17.4. The number of nitrogens with two attached hydrogens (primary N) is 4. The molecule has 4 heterocycles. The van der Waals surface area contributed by atoms with Gasteiger partial charge in [-0.05, 0) is 12.8 Å². The number of aliphatic hydroxyl groups is 8. The molecule has 4 aliphatic heterocycles. The third-order valence-corrected chi connectivity index (χ3v) is 10.2. The van der Waals surface area contributed by atoms with Crippen molar-refractivity contribution in [2.45, 2.75) is 129 Å². The number of ether oxygens (including phenoxy) is 6. The van der Waals surface area contributed by atoms with E-state index in [1.165, 1.54) is 0 Å². The molecule has 296 valence electrons. The van der Waals surface area contributed by atoms with Gasteiger partial charge in [0.05, 0.1) is 43.5 Å². The molecule has 0 aromatic carbocycles. The number of nitrogens with one attached hydrogen (secondary N) is 3. The summed E-state index contributed by atoms with van der Waals surface area (Å²) in [6.45, 7) is -0.620. The highest BCUT2D eigenvalue weighted by Gasteiger charge is 2.55. The van der Waals surface area contributed by atoms with Crippen LogP contribution in [0.1, 0.15) is 12.8 Å². The molecule has 18 atom stereocenters. The first-order valence-electron chi connectivity index (χ1n) is 17.2. The zero-order valence-electron chi connectivity index (χ0n) is 28.0. The zero-order chi connectivity index (χ0) is 37.2. The third-order valence-electron chi connectivity index (χ3n) is 10.2. The monoisotopic (exact) mass is 741 g/mol. The zero-order valence-corrected chi connectivity index (χ0v) is 28.0. The molecule has 1 aliphatic carbocycles. The van der Waals surface area contributed by atoms with Gasteiger partial charge in [-0.15, -0.1) is 0 Å². The summed E-state index contributed by atoms with van der Waals surface area (Å²) in [6, 6.07) is -4.18. The summed E-state index contributed by atoms with van der Waals surface area (Å²) in [5, 5.41) is 92.4. The number of β-amino-alcohol motifs (C(OH)–C–C–N with tert-alkyl or cyclic N) is 1. The molecule has 4 saturated heterocycles. The fourth-order valence-electron chi connectivity index (χ4n) is 6.95. The summed E-state index contributed by atoms with van der Waals surface area (Å²) in [4.78, 5) is 12.9. The lowest BCUT2D eigenvalue weighted by atomic mass is 9.83. The maximum Gasteiger partial charge on any atom is 0.254 e. The van der Waals surface area contributed by atoms with Gasteiger partial charge in [0.1, 0.15) is 54.9 Å². The predicted molar refractivity (Wildman–Crippen MR) is 170 cm³/mol. The minimum Gasteiger partial charge on any atom is -0.395 e. The van der Waals surface area contributed by atoms with Crippen LogP contribution in [0.15, 0.2) is 0 Å². The van der Waals surface area contributed by atoms with E-state index in [4.69, 9.17) is 56.5 Å². The molecule has 0 aromatic heterocycles. The van der Waals surface area contributed by atoms with Crippen molar-refractivity contribution in [3.05, 3.63) is 0 Å². The molecule has 19 N–H and O–H groups in total. The van der Waals surface area contributed by atoms with Crippen molar-refractivity contribution in [2.24, 2.45) is 22.9 Å². The van der Waals surface area contributed by atoms with Crippen LogP contribution in [0.25, 0.3) is 0 Å². The van der Waals surface area contributed by atoms with Crippen LogP contribution in [-0.4, -0.2) is 208 Å². The van der Waals surface area contributed by atoms with Crippen LogP contribution < -0.4 is 38.9 Å². The van der Waals surface area contributed by atoms with Crippen molar-refractivity contribution in [1.82, 2.24) is 16.0 Å². The molecule has 0 bridgehead atoms. The molecule has 51 heavy (non-hydrogen) atoms. The lowest BCUT2D eigenvalue weighted by Crippen LogP contribution is -2.71. The number of carbonyl (C=O) groups is 1. The lowest BCUT2D eigenvalue weighted by molar-refractivity contribution is -0.296. The molecule has 5 fully saturated rings. The Hall–Kier alpha value is -1.33. The Balaban J connectivity index is 1.34. The molecule has 0 unspecified atom stereocenters. The molecule has 0 aromatic rings. The van der Waals surface area contributed by atoms with Crippen LogP contribution in [0.3, 0.4) is 0 Å². The SMILES string of the molecule is NC[C@@H]1O[C@H](O[C@H]2[C@@H](O)[C@H](O[C@@H]3[C@@H](O)[C@H](NC(=O)C4(O)CNC4)C[C@H](N)[C@H]3O[C@H]3O[C@H](CNCCO)[C@@H](O)C[C@H]3N)O[C@@H]2CO)[C@H](N)[C@@H](O)[C@@H]1O. The fourth-order valence-corrected chi connectivity index (χ4v) is 6.95. The Morgan fingerprint density at radius 1 is 0.784 bits per heavy atom. The Kier molecular flexibility index (Phi) is 14.0. The summed E-state index contributed by atoms with van der Waals surface area (Å²) in [6.07, 6.45) is -18.4. The van der Waals surface area contributed by atoms with E-state index < -0.39 is 128 Å². The van der Waals surface area contributed by atoms with Gasteiger partial charge >= 0.3 is 0 Å². The van der Waals surface area contributed by atoms with Crippen LogP contribution >= 0.6 is 0 Å². The van der Waals surface area contributed by atoms with Crippen molar-refractivity contribution in [2.75, 3.05) is 45.9 Å². The molecule has 5 rings (SSSR count). The quantitative estimate of drug-likeness (QED) is 0.0735. The second-order valence-corrected chi connectivity index (χ2v) is 13.9. The first-order valence-corrected chi connectivity index (χ1v) is 17.2. The fraction of sp³-hybridized carbons (Fsp3) is 0.966. The summed E-state index contributed by atoms with van der Waals surface area (Å²) in [5.74, 6) is -0.752. The van der Waals surface area contributed by atoms with E-state index in [-0.39, 0.29) is 52.2 Å². The van der Waals surface area contributed by atoms with Gasteiger partial charge in [0.15, 0.2) is 24.5 Å². The van der Waals surface area contributed by atoms with Gasteiger partial charge in [-0.3, -0.25) is 4.79 Å².